The molecule has 4 rings (SSSR count). The minimum Gasteiger partial charge on any atom is -0.467 e. The summed E-state index contributed by atoms with van der Waals surface area (Å²) in [6.07, 6.45) is 0.558. The van der Waals surface area contributed by atoms with E-state index in [4.69, 9.17) is 21.1 Å². The van der Waals surface area contributed by atoms with Crippen LogP contribution in [0.15, 0.2) is 72.8 Å². The number of carbonyl (C=O) groups is 1. The highest BCUT2D eigenvalue weighted by molar-refractivity contribution is 6.30. The van der Waals surface area contributed by atoms with Crippen molar-refractivity contribution < 1.29 is 28.2 Å². The Morgan fingerprint density at radius 1 is 1.09 bits per heavy atom. The van der Waals surface area contributed by atoms with Crippen LogP contribution < -0.4 is 4.74 Å². The quantitative estimate of drug-likeness (QED) is 0.409. The molecule has 3 aromatic carbocycles. The third kappa shape index (κ3) is 4.45. The Labute approximate surface area is 195 Å². The Hall–Kier alpha value is -2.96. The van der Waals surface area contributed by atoms with Crippen molar-refractivity contribution in [1.29, 1.82) is 0 Å². The third-order valence-corrected chi connectivity index (χ3v) is 6.22. The van der Waals surface area contributed by atoms with E-state index in [1.54, 1.807) is 30.3 Å². The Balaban J connectivity index is 1.77. The molecule has 0 heterocycles. The Kier molecular flexibility index (Phi) is 6.41. The van der Waals surface area contributed by atoms with Gasteiger partial charge in [0.15, 0.2) is 11.6 Å². The van der Waals surface area contributed by atoms with Gasteiger partial charge >= 0.3 is 5.97 Å². The second kappa shape index (κ2) is 9.12. The van der Waals surface area contributed by atoms with Gasteiger partial charge in [-0.1, -0.05) is 48.0 Å². The molecule has 1 N–H and O–H groups in total. The minimum absolute atomic E-state index is 0.0777. The van der Waals surface area contributed by atoms with Crippen LogP contribution in [0, 0.1) is 11.7 Å². The molecule has 0 spiro atoms. The predicted octanol–water partition coefficient (Wildman–Crippen LogP) is 5.99. The van der Waals surface area contributed by atoms with Crippen molar-refractivity contribution in [2.75, 3.05) is 7.11 Å². The second-order valence-corrected chi connectivity index (χ2v) is 8.64. The van der Waals surface area contributed by atoms with Crippen molar-refractivity contribution in [3.8, 4) is 11.5 Å². The lowest BCUT2D eigenvalue weighted by atomic mass is 9.72. The predicted molar refractivity (Wildman–Crippen MR) is 121 cm³/mol. The van der Waals surface area contributed by atoms with Crippen LogP contribution in [-0.2, 0) is 21.6 Å². The van der Waals surface area contributed by atoms with Gasteiger partial charge in [0.05, 0.1) is 7.11 Å². The van der Waals surface area contributed by atoms with Gasteiger partial charge in [0.25, 0.3) is 0 Å². The smallest absolute Gasteiger partial charge is 0.347 e. The SMILES string of the molecule is COC(=O)C(F)(C1CC1)C(O)(Cc1ccc(F)c(Oc2ccccc2)c1)c1ccc(Cl)cc1. The lowest BCUT2D eigenvalue weighted by Crippen LogP contribution is -2.57. The first-order valence-electron chi connectivity index (χ1n) is 10.5. The van der Waals surface area contributed by atoms with E-state index in [9.17, 15) is 14.3 Å². The summed E-state index contributed by atoms with van der Waals surface area (Å²) >= 11 is 5.99. The van der Waals surface area contributed by atoms with E-state index in [0.717, 1.165) is 7.11 Å². The molecular weight excluding hydrogens is 450 g/mol. The molecule has 172 valence electrons. The van der Waals surface area contributed by atoms with Crippen molar-refractivity contribution in [3.63, 3.8) is 0 Å². The van der Waals surface area contributed by atoms with Crippen molar-refractivity contribution >= 4 is 17.6 Å². The number of para-hydroxylation sites is 1. The van der Waals surface area contributed by atoms with E-state index in [-0.39, 0.29) is 17.7 Å². The fourth-order valence-corrected chi connectivity index (χ4v) is 4.24. The maximum Gasteiger partial charge on any atom is 0.347 e. The summed E-state index contributed by atoms with van der Waals surface area (Å²) in [5.74, 6) is -2.12. The van der Waals surface area contributed by atoms with Crippen LogP contribution in [0.3, 0.4) is 0 Å². The molecule has 0 radical (unpaired) electrons. The Morgan fingerprint density at radius 3 is 2.36 bits per heavy atom. The number of rotatable bonds is 8. The largest absolute Gasteiger partial charge is 0.467 e. The van der Waals surface area contributed by atoms with Crippen LogP contribution in [0.2, 0.25) is 5.02 Å². The van der Waals surface area contributed by atoms with Gasteiger partial charge in [0.1, 0.15) is 11.4 Å². The van der Waals surface area contributed by atoms with Gasteiger partial charge in [-0.25, -0.2) is 13.6 Å². The monoisotopic (exact) mass is 472 g/mol. The first kappa shape index (κ1) is 23.2. The highest BCUT2D eigenvalue weighted by Crippen LogP contribution is 2.53. The van der Waals surface area contributed by atoms with E-state index in [1.165, 1.54) is 42.5 Å². The van der Waals surface area contributed by atoms with Crippen LogP contribution >= 0.6 is 11.6 Å². The number of hydrogen-bond donors (Lipinski definition) is 1. The number of hydrogen-bond acceptors (Lipinski definition) is 4. The zero-order valence-corrected chi connectivity index (χ0v) is 18.7. The summed E-state index contributed by atoms with van der Waals surface area (Å²) in [5, 5.41) is 12.3. The van der Waals surface area contributed by atoms with E-state index in [2.05, 4.69) is 0 Å². The number of methoxy groups -OCH3 is 1. The van der Waals surface area contributed by atoms with Gasteiger partial charge in [-0.2, -0.15) is 0 Å². The fraction of sp³-hybridized carbons (Fsp3) is 0.269. The number of halogens is 3. The number of aliphatic hydroxyl groups is 1. The van der Waals surface area contributed by atoms with Gasteiger partial charge in [-0.05, 0) is 60.4 Å². The standard InChI is InChI=1S/C26H23ClF2O4/c1-32-24(30)26(29,19-8-9-19)25(31,18-10-12-20(27)13-11-18)16-17-7-14-22(28)23(15-17)33-21-5-3-2-4-6-21/h2-7,10-15,19,31H,8-9,16H2,1H3. The van der Waals surface area contributed by atoms with Gasteiger partial charge < -0.3 is 14.6 Å². The molecule has 1 fully saturated rings. The molecule has 4 nitrogen and oxygen atoms in total. The molecule has 7 heteroatoms. The maximum atomic E-state index is 16.6. The summed E-state index contributed by atoms with van der Waals surface area (Å²) in [6.45, 7) is 0. The number of benzene rings is 3. The number of esters is 1. The zero-order valence-electron chi connectivity index (χ0n) is 17.9. The van der Waals surface area contributed by atoms with E-state index >= 15 is 4.39 Å². The molecule has 0 amide bonds. The minimum atomic E-state index is -2.70. The average molecular weight is 473 g/mol. The van der Waals surface area contributed by atoms with Crippen molar-refractivity contribution in [2.24, 2.45) is 5.92 Å². The van der Waals surface area contributed by atoms with E-state index in [1.807, 2.05) is 0 Å². The molecular formula is C26H23ClF2O4. The zero-order chi connectivity index (χ0) is 23.6. The van der Waals surface area contributed by atoms with Crippen LogP contribution in [0.4, 0.5) is 8.78 Å². The molecule has 2 unspecified atom stereocenters. The third-order valence-electron chi connectivity index (χ3n) is 5.97. The molecule has 1 aliphatic carbocycles. The van der Waals surface area contributed by atoms with Gasteiger partial charge in [-0.15, -0.1) is 0 Å². The van der Waals surface area contributed by atoms with Gasteiger partial charge in [0, 0.05) is 17.4 Å². The normalized spacial score (nSPS) is 17.0. The van der Waals surface area contributed by atoms with Crippen LogP contribution in [-0.4, -0.2) is 23.9 Å². The molecule has 0 saturated heterocycles. The van der Waals surface area contributed by atoms with Crippen molar-refractivity contribution in [1.82, 2.24) is 0 Å². The summed E-state index contributed by atoms with van der Waals surface area (Å²) in [7, 11) is 1.09. The van der Waals surface area contributed by atoms with Gasteiger partial charge in [-0.3, -0.25) is 0 Å². The lowest BCUT2D eigenvalue weighted by Gasteiger charge is -2.40. The van der Waals surface area contributed by atoms with Crippen molar-refractivity contribution in [3.05, 3.63) is 94.8 Å². The molecule has 3 aromatic rings. The van der Waals surface area contributed by atoms with E-state index < -0.39 is 29.0 Å². The molecule has 2 atom stereocenters. The second-order valence-electron chi connectivity index (χ2n) is 8.20. The molecule has 0 aliphatic heterocycles. The molecule has 33 heavy (non-hydrogen) atoms. The van der Waals surface area contributed by atoms with Gasteiger partial charge in [0.2, 0.25) is 5.67 Å². The van der Waals surface area contributed by atoms with Crippen LogP contribution in [0.5, 0.6) is 11.5 Å². The average Bonchev–Trinajstić information content (AvgIpc) is 3.67. The van der Waals surface area contributed by atoms with Crippen LogP contribution in [0.1, 0.15) is 24.0 Å². The summed E-state index contributed by atoms with van der Waals surface area (Å²) in [4.78, 5) is 12.7. The Morgan fingerprint density at radius 2 is 1.76 bits per heavy atom. The number of carbonyl (C=O) groups excluding carboxylic acids is 1. The molecule has 1 aliphatic rings. The number of alkyl halides is 1. The highest BCUT2D eigenvalue weighted by atomic mass is 35.5. The molecule has 1 saturated carbocycles. The maximum absolute atomic E-state index is 16.6. The fourth-order valence-electron chi connectivity index (χ4n) is 4.12. The molecule has 0 aromatic heterocycles. The summed E-state index contributed by atoms with van der Waals surface area (Å²) < 4.78 is 41.4. The number of ether oxygens (including phenoxy) is 2. The topological polar surface area (TPSA) is 55.8 Å². The molecule has 0 bridgehead atoms. The lowest BCUT2D eigenvalue weighted by molar-refractivity contribution is -0.184. The first-order chi connectivity index (χ1) is 15.8. The first-order valence-corrected chi connectivity index (χ1v) is 10.9. The van der Waals surface area contributed by atoms with Crippen molar-refractivity contribution in [2.45, 2.75) is 30.5 Å². The van der Waals surface area contributed by atoms with Crippen LogP contribution in [0.25, 0.3) is 0 Å². The summed E-state index contributed by atoms with van der Waals surface area (Å²) in [6, 6.07) is 18.6. The highest BCUT2D eigenvalue weighted by Gasteiger charge is 2.66. The summed E-state index contributed by atoms with van der Waals surface area (Å²) in [5.41, 5.74) is -4.44. The van der Waals surface area contributed by atoms with E-state index in [0.29, 0.717) is 29.2 Å². The Bertz CT molecular complexity index is 1130.